The normalized spacial score (nSPS) is 18.3. The van der Waals surface area contributed by atoms with Crippen molar-refractivity contribution in [2.45, 2.75) is 25.6 Å². The average Bonchev–Trinajstić information content (AvgIpc) is 3.30. The molecule has 8 heteroatoms. The van der Waals surface area contributed by atoms with Crippen LogP contribution < -0.4 is 14.8 Å². The molecule has 0 radical (unpaired) electrons. The molecule has 1 unspecified atom stereocenters. The van der Waals surface area contributed by atoms with Crippen LogP contribution in [0.1, 0.15) is 23.7 Å². The van der Waals surface area contributed by atoms with Crippen LogP contribution in [-0.4, -0.2) is 54.2 Å². The lowest BCUT2D eigenvalue weighted by Gasteiger charge is -2.33. The van der Waals surface area contributed by atoms with E-state index in [9.17, 15) is 4.79 Å². The maximum absolute atomic E-state index is 12.3. The third-order valence-corrected chi connectivity index (χ3v) is 4.85. The zero-order valence-corrected chi connectivity index (χ0v) is 15.4. The molecule has 3 heterocycles. The molecule has 0 spiro atoms. The van der Waals surface area contributed by atoms with Gasteiger partial charge in [0.25, 0.3) is 0 Å². The monoisotopic (exact) mass is 372 g/mol. The van der Waals surface area contributed by atoms with Gasteiger partial charge in [-0.3, -0.25) is 14.4 Å². The van der Waals surface area contributed by atoms with E-state index in [0.717, 1.165) is 42.4 Å². The SMILES string of the molecule is COCCNC(=O)CC1CN(Cc2ccc3c(c2)OCO3)Cc2ccnn21. The zero-order chi connectivity index (χ0) is 18.6. The molecule has 27 heavy (non-hydrogen) atoms. The first-order chi connectivity index (χ1) is 13.2. The van der Waals surface area contributed by atoms with Gasteiger partial charge in [0.15, 0.2) is 11.5 Å². The summed E-state index contributed by atoms with van der Waals surface area (Å²) >= 11 is 0. The molecule has 0 saturated carbocycles. The maximum atomic E-state index is 12.3. The van der Waals surface area contributed by atoms with E-state index in [0.29, 0.717) is 19.6 Å². The Morgan fingerprint density at radius 1 is 1.33 bits per heavy atom. The predicted octanol–water partition coefficient (Wildman–Crippen LogP) is 1.32. The van der Waals surface area contributed by atoms with E-state index in [4.69, 9.17) is 14.2 Å². The molecule has 0 bridgehead atoms. The van der Waals surface area contributed by atoms with E-state index in [2.05, 4.69) is 21.4 Å². The summed E-state index contributed by atoms with van der Waals surface area (Å²) in [4.78, 5) is 14.6. The Kier molecular flexibility index (Phi) is 5.26. The second-order valence-electron chi connectivity index (χ2n) is 6.83. The summed E-state index contributed by atoms with van der Waals surface area (Å²) in [5.74, 6) is 1.60. The van der Waals surface area contributed by atoms with Gasteiger partial charge in [-0.2, -0.15) is 5.10 Å². The maximum Gasteiger partial charge on any atom is 0.231 e. The minimum atomic E-state index is 0.0142. The fourth-order valence-corrected chi connectivity index (χ4v) is 3.61. The summed E-state index contributed by atoms with van der Waals surface area (Å²) in [6, 6.07) is 8.07. The highest BCUT2D eigenvalue weighted by molar-refractivity contribution is 5.76. The topological polar surface area (TPSA) is 77.8 Å². The number of hydrogen-bond donors (Lipinski definition) is 1. The minimum absolute atomic E-state index is 0.0142. The van der Waals surface area contributed by atoms with Crippen molar-refractivity contribution in [2.24, 2.45) is 0 Å². The first-order valence-corrected chi connectivity index (χ1v) is 9.12. The van der Waals surface area contributed by atoms with Crippen molar-refractivity contribution in [3.8, 4) is 11.5 Å². The molecule has 2 aromatic rings. The number of nitrogens with one attached hydrogen (secondary N) is 1. The third-order valence-electron chi connectivity index (χ3n) is 4.85. The van der Waals surface area contributed by atoms with E-state index in [-0.39, 0.29) is 18.7 Å². The van der Waals surface area contributed by atoms with Crippen LogP contribution in [-0.2, 0) is 22.6 Å². The van der Waals surface area contributed by atoms with Gasteiger partial charge in [0.1, 0.15) is 0 Å². The van der Waals surface area contributed by atoms with Gasteiger partial charge in [-0.1, -0.05) is 6.07 Å². The number of carbonyl (C=O) groups excluding carboxylic acids is 1. The average molecular weight is 372 g/mol. The van der Waals surface area contributed by atoms with E-state index in [1.54, 1.807) is 13.3 Å². The van der Waals surface area contributed by atoms with Crippen LogP contribution in [0.15, 0.2) is 30.5 Å². The molecule has 1 aromatic carbocycles. The van der Waals surface area contributed by atoms with Crippen LogP contribution in [0.5, 0.6) is 11.5 Å². The van der Waals surface area contributed by atoms with Crippen molar-refractivity contribution in [1.29, 1.82) is 0 Å². The summed E-state index contributed by atoms with van der Waals surface area (Å²) in [7, 11) is 1.62. The number of carbonyl (C=O) groups is 1. The third kappa shape index (κ3) is 4.06. The standard InChI is InChI=1S/C19H24N4O4/c1-25-7-6-20-19(24)9-16-12-22(11-15-4-5-21-23(15)16)10-14-2-3-17-18(8-14)27-13-26-17/h2-5,8,16H,6-7,9-13H2,1H3,(H,20,24). The molecule has 4 rings (SSSR count). The fraction of sp³-hybridized carbons (Fsp3) is 0.474. The van der Waals surface area contributed by atoms with Crippen molar-refractivity contribution < 1.29 is 19.0 Å². The summed E-state index contributed by atoms with van der Waals surface area (Å²) in [6.45, 7) is 3.66. The Hall–Kier alpha value is -2.58. The van der Waals surface area contributed by atoms with Gasteiger partial charge >= 0.3 is 0 Å². The Morgan fingerprint density at radius 2 is 2.22 bits per heavy atom. The van der Waals surface area contributed by atoms with Crippen molar-refractivity contribution in [3.63, 3.8) is 0 Å². The van der Waals surface area contributed by atoms with Gasteiger partial charge in [0, 0.05) is 39.5 Å². The first kappa shape index (κ1) is 17.8. The van der Waals surface area contributed by atoms with Gasteiger partial charge in [-0.25, -0.2) is 0 Å². The summed E-state index contributed by atoms with van der Waals surface area (Å²) in [5.41, 5.74) is 2.28. The number of methoxy groups -OCH3 is 1. The van der Waals surface area contributed by atoms with Gasteiger partial charge in [0.2, 0.25) is 12.7 Å². The molecular formula is C19H24N4O4. The van der Waals surface area contributed by atoms with Gasteiger partial charge in [-0.15, -0.1) is 0 Å². The van der Waals surface area contributed by atoms with E-state index in [1.807, 2.05) is 22.9 Å². The Balaban J connectivity index is 1.42. The highest BCUT2D eigenvalue weighted by atomic mass is 16.7. The molecule has 8 nitrogen and oxygen atoms in total. The second kappa shape index (κ2) is 7.98. The highest BCUT2D eigenvalue weighted by Crippen LogP contribution is 2.33. The van der Waals surface area contributed by atoms with Gasteiger partial charge in [-0.05, 0) is 23.8 Å². The zero-order valence-electron chi connectivity index (χ0n) is 15.4. The first-order valence-electron chi connectivity index (χ1n) is 9.12. The lowest BCUT2D eigenvalue weighted by Crippen LogP contribution is -2.40. The molecule has 1 N–H and O–H groups in total. The van der Waals surface area contributed by atoms with Crippen LogP contribution >= 0.6 is 0 Å². The van der Waals surface area contributed by atoms with Gasteiger partial charge in [0.05, 0.1) is 24.8 Å². The summed E-state index contributed by atoms with van der Waals surface area (Å²) in [5, 5.41) is 7.32. The fourth-order valence-electron chi connectivity index (χ4n) is 3.61. The molecule has 2 aliphatic rings. The minimum Gasteiger partial charge on any atom is -0.454 e. The smallest absolute Gasteiger partial charge is 0.231 e. The van der Waals surface area contributed by atoms with Crippen molar-refractivity contribution in [1.82, 2.24) is 20.0 Å². The molecule has 1 atom stereocenters. The number of aromatic nitrogens is 2. The van der Waals surface area contributed by atoms with Gasteiger partial charge < -0.3 is 19.5 Å². The molecule has 2 aliphatic heterocycles. The van der Waals surface area contributed by atoms with Crippen molar-refractivity contribution in [2.75, 3.05) is 33.6 Å². The van der Waals surface area contributed by atoms with Crippen LogP contribution in [0.2, 0.25) is 0 Å². The summed E-state index contributed by atoms with van der Waals surface area (Å²) < 4.78 is 17.8. The Labute approximate surface area is 158 Å². The number of rotatable bonds is 7. The molecule has 1 amide bonds. The quantitative estimate of drug-likeness (QED) is 0.739. The molecule has 0 aliphatic carbocycles. The number of nitrogens with zero attached hydrogens (tertiary/aromatic N) is 3. The lowest BCUT2D eigenvalue weighted by atomic mass is 10.1. The van der Waals surface area contributed by atoms with E-state index in [1.165, 1.54) is 0 Å². The van der Waals surface area contributed by atoms with Crippen LogP contribution in [0.25, 0.3) is 0 Å². The lowest BCUT2D eigenvalue weighted by molar-refractivity contribution is -0.122. The Morgan fingerprint density at radius 3 is 3.11 bits per heavy atom. The molecule has 0 saturated heterocycles. The predicted molar refractivity (Wildman–Crippen MR) is 97.4 cm³/mol. The van der Waals surface area contributed by atoms with Crippen LogP contribution in [0.4, 0.5) is 0 Å². The molecular weight excluding hydrogens is 348 g/mol. The van der Waals surface area contributed by atoms with E-state index < -0.39 is 0 Å². The molecule has 0 fully saturated rings. The number of fused-ring (bicyclic) bond motifs is 2. The number of benzene rings is 1. The van der Waals surface area contributed by atoms with Crippen molar-refractivity contribution in [3.05, 3.63) is 41.7 Å². The van der Waals surface area contributed by atoms with Crippen LogP contribution in [0, 0.1) is 0 Å². The number of ether oxygens (including phenoxy) is 3. The highest BCUT2D eigenvalue weighted by Gasteiger charge is 2.27. The number of amides is 1. The molecule has 1 aromatic heterocycles. The van der Waals surface area contributed by atoms with E-state index >= 15 is 0 Å². The Bertz CT molecular complexity index is 807. The van der Waals surface area contributed by atoms with Crippen molar-refractivity contribution >= 4 is 5.91 Å². The summed E-state index contributed by atoms with van der Waals surface area (Å²) in [6.07, 6.45) is 2.20. The van der Waals surface area contributed by atoms with Crippen LogP contribution in [0.3, 0.4) is 0 Å². The molecule has 144 valence electrons. The number of hydrogen-bond acceptors (Lipinski definition) is 6. The second-order valence-corrected chi connectivity index (χ2v) is 6.83. The largest absolute Gasteiger partial charge is 0.454 e.